The summed E-state index contributed by atoms with van der Waals surface area (Å²) in [5, 5.41) is 8.96. The molecule has 6 nitrogen and oxygen atoms in total. The molecule has 0 bridgehead atoms. The third-order valence-corrected chi connectivity index (χ3v) is 6.35. The SMILES string of the molecule is CCN(CC)CCCNS(=O)(=O)c1cc(C)c(C(=O)O)s1. The summed E-state index contributed by atoms with van der Waals surface area (Å²) in [6, 6.07) is 1.40. The summed E-state index contributed by atoms with van der Waals surface area (Å²) >= 11 is 0.787. The lowest BCUT2D eigenvalue weighted by Gasteiger charge is -2.17. The van der Waals surface area contributed by atoms with Crippen LogP contribution in [0.2, 0.25) is 0 Å². The molecule has 0 atom stereocenters. The fraction of sp³-hybridized carbons (Fsp3) is 0.615. The molecule has 2 N–H and O–H groups in total. The van der Waals surface area contributed by atoms with Gasteiger partial charge in [-0.25, -0.2) is 17.9 Å². The molecule has 1 aromatic heterocycles. The highest BCUT2D eigenvalue weighted by molar-refractivity contribution is 7.91. The zero-order valence-electron chi connectivity index (χ0n) is 12.5. The van der Waals surface area contributed by atoms with Crippen molar-refractivity contribution in [3.63, 3.8) is 0 Å². The van der Waals surface area contributed by atoms with Crippen molar-refractivity contribution in [3.8, 4) is 0 Å². The van der Waals surface area contributed by atoms with Crippen LogP contribution in [0.5, 0.6) is 0 Å². The molecule has 0 fully saturated rings. The Morgan fingerprint density at radius 1 is 1.38 bits per heavy atom. The Hall–Kier alpha value is -0.960. The second-order valence-corrected chi connectivity index (χ2v) is 7.71. The molecule has 0 spiro atoms. The number of nitrogens with one attached hydrogen (secondary N) is 1. The minimum Gasteiger partial charge on any atom is -0.477 e. The van der Waals surface area contributed by atoms with E-state index >= 15 is 0 Å². The number of aromatic carboxylic acids is 1. The highest BCUT2D eigenvalue weighted by Crippen LogP contribution is 2.25. The van der Waals surface area contributed by atoms with Crippen molar-refractivity contribution in [2.45, 2.75) is 31.4 Å². The average Bonchev–Trinajstić information content (AvgIpc) is 2.82. The maximum absolute atomic E-state index is 12.1. The number of carbonyl (C=O) groups is 1. The number of carboxylic acids is 1. The normalized spacial score (nSPS) is 12.0. The average molecular weight is 334 g/mol. The summed E-state index contributed by atoms with van der Waals surface area (Å²) in [7, 11) is -3.62. The molecule has 8 heteroatoms. The minimum atomic E-state index is -3.62. The molecule has 0 aliphatic carbocycles. The molecule has 0 saturated heterocycles. The van der Waals surface area contributed by atoms with Crippen molar-refractivity contribution in [1.82, 2.24) is 9.62 Å². The van der Waals surface area contributed by atoms with Crippen LogP contribution in [0.4, 0.5) is 0 Å². The van der Waals surface area contributed by atoms with Gasteiger partial charge in [0.15, 0.2) is 0 Å². The van der Waals surface area contributed by atoms with Gasteiger partial charge >= 0.3 is 5.97 Å². The summed E-state index contributed by atoms with van der Waals surface area (Å²) in [6.45, 7) is 8.78. The monoisotopic (exact) mass is 334 g/mol. The fourth-order valence-electron chi connectivity index (χ4n) is 1.92. The Morgan fingerprint density at radius 3 is 2.48 bits per heavy atom. The van der Waals surface area contributed by atoms with E-state index in [1.807, 2.05) is 0 Å². The first-order valence-corrected chi connectivity index (χ1v) is 9.17. The number of rotatable bonds is 9. The van der Waals surface area contributed by atoms with E-state index in [1.165, 1.54) is 6.07 Å². The maximum Gasteiger partial charge on any atom is 0.346 e. The van der Waals surface area contributed by atoms with Crippen LogP contribution in [0.25, 0.3) is 0 Å². The van der Waals surface area contributed by atoms with Crippen molar-refractivity contribution in [1.29, 1.82) is 0 Å². The number of hydrogen-bond acceptors (Lipinski definition) is 5. The van der Waals surface area contributed by atoms with E-state index in [1.54, 1.807) is 6.92 Å². The summed E-state index contributed by atoms with van der Waals surface area (Å²) in [5.41, 5.74) is 0.469. The highest BCUT2D eigenvalue weighted by Gasteiger charge is 2.21. The molecule has 0 aliphatic heterocycles. The summed E-state index contributed by atoms with van der Waals surface area (Å²) in [6.07, 6.45) is 0.719. The van der Waals surface area contributed by atoms with E-state index in [-0.39, 0.29) is 9.09 Å². The van der Waals surface area contributed by atoms with E-state index in [0.29, 0.717) is 12.1 Å². The number of aryl methyl sites for hydroxylation is 1. The number of sulfonamides is 1. The largest absolute Gasteiger partial charge is 0.477 e. The first-order valence-electron chi connectivity index (χ1n) is 6.87. The molecule has 1 heterocycles. The number of nitrogens with zero attached hydrogens (tertiary/aromatic N) is 1. The van der Waals surface area contributed by atoms with Crippen LogP contribution in [0.15, 0.2) is 10.3 Å². The molecule has 21 heavy (non-hydrogen) atoms. The van der Waals surface area contributed by atoms with Gasteiger partial charge in [0.2, 0.25) is 10.0 Å². The minimum absolute atomic E-state index is 0.0558. The topological polar surface area (TPSA) is 86.7 Å². The zero-order valence-corrected chi connectivity index (χ0v) is 14.2. The second kappa shape index (κ2) is 7.88. The van der Waals surface area contributed by atoms with Gasteiger partial charge in [0.25, 0.3) is 0 Å². The third-order valence-electron chi connectivity index (χ3n) is 3.19. The van der Waals surface area contributed by atoms with E-state index in [4.69, 9.17) is 5.11 Å². The number of hydrogen-bond donors (Lipinski definition) is 2. The lowest BCUT2D eigenvalue weighted by atomic mass is 10.3. The van der Waals surface area contributed by atoms with Crippen LogP contribution in [-0.2, 0) is 10.0 Å². The predicted octanol–water partition coefficient (Wildman–Crippen LogP) is 1.76. The molecule has 0 unspecified atom stereocenters. The van der Waals surface area contributed by atoms with Gasteiger partial charge < -0.3 is 10.0 Å². The van der Waals surface area contributed by atoms with Crippen molar-refractivity contribution in [3.05, 3.63) is 16.5 Å². The van der Waals surface area contributed by atoms with Gasteiger partial charge in [-0.05, 0) is 44.6 Å². The molecule has 0 saturated carbocycles. The Morgan fingerprint density at radius 2 is 2.00 bits per heavy atom. The van der Waals surface area contributed by atoms with Crippen LogP contribution in [0, 0.1) is 6.92 Å². The quantitative estimate of drug-likeness (QED) is 0.672. The van der Waals surface area contributed by atoms with Crippen LogP contribution >= 0.6 is 11.3 Å². The summed E-state index contributed by atoms with van der Waals surface area (Å²) in [5.74, 6) is -1.10. The van der Waals surface area contributed by atoms with E-state index in [2.05, 4.69) is 23.5 Å². The van der Waals surface area contributed by atoms with Crippen molar-refractivity contribution < 1.29 is 18.3 Å². The lowest BCUT2D eigenvalue weighted by molar-refractivity contribution is 0.0701. The fourth-order valence-corrected chi connectivity index (χ4v) is 4.41. The molecule has 0 aromatic carbocycles. The van der Waals surface area contributed by atoms with Gasteiger partial charge in [0.1, 0.15) is 9.09 Å². The van der Waals surface area contributed by atoms with Gasteiger partial charge in [0, 0.05) is 6.54 Å². The van der Waals surface area contributed by atoms with Crippen molar-refractivity contribution in [2.24, 2.45) is 0 Å². The maximum atomic E-state index is 12.1. The van der Waals surface area contributed by atoms with Crippen LogP contribution in [0.1, 0.15) is 35.5 Å². The van der Waals surface area contributed by atoms with Gasteiger partial charge in [-0.3, -0.25) is 0 Å². The Kier molecular flexibility index (Phi) is 6.79. The molecular formula is C13H22N2O4S2. The third kappa shape index (κ3) is 5.06. The second-order valence-electron chi connectivity index (χ2n) is 4.66. The molecular weight excluding hydrogens is 312 g/mol. The standard InChI is InChI=1S/C13H22N2O4S2/c1-4-15(5-2)8-6-7-14-21(18,19)11-9-10(3)12(20-11)13(16)17/h9,14H,4-8H2,1-3H3,(H,16,17). The molecule has 1 aromatic rings. The van der Waals surface area contributed by atoms with E-state index in [9.17, 15) is 13.2 Å². The molecule has 0 aliphatic rings. The Labute approximate surface area is 129 Å². The van der Waals surface area contributed by atoms with Crippen molar-refractivity contribution >= 4 is 27.3 Å². The molecule has 1 rings (SSSR count). The Bertz CT molecular complexity index is 577. The molecule has 120 valence electrons. The first-order chi connectivity index (χ1) is 9.81. The summed E-state index contributed by atoms with van der Waals surface area (Å²) < 4.78 is 26.8. The molecule has 0 amide bonds. The van der Waals surface area contributed by atoms with Crippen molar-refractivity contribution in [2.75, 3.05) is 26.2 Å². The van der Waals surface area contributed by atoms with Crippen LogP contribution in [-0.4, -0.2) is 50.6 Å². The Balaban J connectivity index is 2.62. The summed E-state index contributed by atoms with van der Waals surface area (Å²) in [4.78, 5) is 13.2. The number of carboxylic acid groups (broad SMARTS) is 1. The predicted molar refractivity (Wildman–Crippen MR) is 83.6 cm³/mol. The zero-order chi connectivity index (χ0) is 16.0. The van der Waals surface area contributed by atoms with Gasteiger partial charge in [-0.1, -0.05) is 13.8 Å². The lowest BCUT2D eigenvalue weighted by Crippen LogP contribution is -2.29. The van der Waals surface area contributed by atoms with Crippen LogP contribution < -0.4 is 4.72 Å². The highest BCUT2D eigenvalue weighted by atomic mass is 32.2. The molecule has 0 radical (unpaired) electrons. The van der Waals surface area contributed by atoms with Gasteiger partial charge in [-0.2, -0.15) is 0 Å². The van der Waals surface area contributed by atoms with E-state index < -0.39 is 16.0 Å². The van der Waals surface area contributed by atoms with Gasteiger partial charge in [-0.15, -0.1) is 11.3 Å². The number of thiophene rings is 1. The smallest absolute Gasteiger partial charge is 0.346 e. The first kappa shape index (κ1) is 18.1. The van der Waals surface area contributed by atoms with E-state index in [0.717, 1.165) is 37.4 Å². The van der Waals surface area contributed by atoms with Crippen LogP contribution in [0.3, 0.4) is 0 Å². The van der Waals surface area contributed by atoms with Gasteiger partial charge in [0.05, 0.1) is 0 Å².